The summed E-state index contributed by atoms with van der Waals surface area (Å²) in [6, 6.07) is 0. The summed E-state index contributed by atoms with van der Waals surface area (Å²) in [5.74, 6) is 0.176. The summed E-state index contributed by atoms with van der Waals surface area (Å²) in [5, 5.41) is 0. The van der Waals surface area contributed by atoms with Crippen LogP contribution < -0.4 is 0 Å². The molecule has 0 N–H and O–H groups in total. The van der Waals surface area contributed by atoms with E-state index in [2.05, 4.69) is 26.8 Å². The normalized spacial score (nSPS) is 29.9. The lowest BCUT2D eigenvalue weighted by Crippen LogP contribution is -2.09. The van der Waals surface area contributed by atoms with E-state index < -0.39 is 0 Å². The smallest absolute Gasteiger partial charge is 0.126 e. The Labute approximate surface area is 62.1 Å². The first kappa shape index (κ1) is 7.52. The van der Waals surface area contributed by atoms with E-state index in [4.69, 9.17) is 0 Å². The lowest BCUT2D eigenvalue weighted by atomic mass is 9.85. The number of carbonyl (C=O) groups excluding carboxylic acids is 1. The van der Waals surface area contributed by atoms with Crippen molar-refractivity contribution in [1.29, 1.82) is 0 Å². The van der Waals surface area contributed by atoms with Gasteiger partial charge >= 0.3 is 0 Å². The lowest BCUT2D eigenvalue weighted by Gasteiger charge is -2.19. The van der Waals surface area contributed by atoms with E-state index in [-0.39, 0.29) is 11.3 Å². The van der Waals surface area contributed by atoms with Gasteiger partial charge in [-0.15, -0.1) is 0 Å². The second-order valence-corrected chi connectivity index (χ2v) is 3.74. The fraction of sp³-hybridized carbons (Fsp3) is 0.667. The van der Waals surface area contributed by atoms with Crippen molar-refractivity contribution >= 4 is 6.29 Å². The van der Waals surface area contributed by atoms with E-state index >= 15 is 0 Å². The van der Waals surface area contributed by atoms with Crippen molar-refractivity contribution < 1.29 is 4.79 Å². The molecule has 0 bridgehead atoms. The van der Waals surface area contributed by atoms with Gasteiger partial charge in [0, 0.05) is 5.92 Å². The predicted octanol–water partition coefficient (Wildman–Crippen LogP) is 2.18. The fourth-order valence-electron chi connectivity index (χ4n) is 1.44. The van der Waals surface area contributed by atoms with Crippen molar-refractivity contribution in [1.82, 2.24) is 0 Å². The number of aldehydes is 1. The molecule has 1 aliphatic rings. The average molecular weight is 138 g/mol. The molecule has 0 aromatic carbocycles. The van der Waals surface area contributed by atoms with Gasteiger partial charge in [-0.3, -0.25) is 0 Å². The zero-order valence-corrected chi connectivity index (χ0v) is 6.85. The third-order valence-electron chi connectivity index (χ3n) is 2.45. The summed E-state index contributed by atoms with van der Waals surface area (Å²) in [5.41, 5.74) is 1.61. The summed E-state index contributed by atoms with van der Waals surface area (Å²) < 4.78 is 0. The topological polar surface area (TPSA) is 17.1 Å². The minimum absolute atomic E-state index is 0.176. The SMILES string of the molecule is CC1=CC(C=O)CC1(C)C. The number of carbonyl (C=O) groups is 1. The summed E-state index contributed by atoms with van der Waals surface area (Å²) in [6.45, 7) is 6.47. The Bertz CT molecular complexity index is 177. The summed E-state index contributed by atoms with van der Waals surface area (Å²) in [7, 11) is 0. The molecule has 0 saturated carbocycles. The van der Waals surface area contributed by atoms with E-state index in [1.807, 2.05) is 0 Å². The molecule has 0 aromatic heterocycles. The fourth-order valence-corrected chi connectivity index (χ4v) is 1.44. The molecule has 0 aromatic rings. The zero-order chi connectivity index (χ0) is 7.78. The van der Waals surface area contributed by atoms with Crippen LogP contribution in [0.15, 0.2) is 11.6 Å². The third-order valence-corrected chi connectivity index (χ3v) is 2.45. The molecule has 1 heteroatoms. The van der Waals surface area contributed by atoms with Crippen LogP contribution in [0.3, 0.4) is 0 Å². The largest absolute Gasteiger partial charge is 0.303 e. The zero-order valence-electron chi connectivity index (χ0n) is 6.85. The van der Waals surface area contributed by atoms with E-state index in [0.717, 1.165) is 12.7 Å². The molecule has 0 heterocycles. The monoisotopic (exact) mass is 138 g/mol. The maximum Gasteiger partial charge on any atom is 0.126 e. The van der Waals surface area contributed by atoms with Crippen LogP contribution in [0.4, 0.5) is 0 Å². The molecule has 0 radical (unpaired) electrons. The van der Waals surface area contributed by atoms with Gasteiger partial charge in [0.05, 0.1) is 0 Å². The molecule has 0 spiro atoms. The molecule has 0 amide bonds. The van der Waals surface area contributed by atoms with Gasteiger partial charge in [0.15, 0.2) is 0 Å². The van der Waals surface area contributed by atoms with Crippen LogP contribution in [0.25, 0.3) is 0 Å². The first-order valence-corrected chi connectivity index (χ1v) is 3.70. The van der Waals surface area contributed by atoms with Gasteiger partial charge < -0.3 is 4.79 Å². The number of rotatable bonds is 1. The summed E-state index contributed by atoms with van der Waals surface area (Å²) in [4.78, 5) is 10.4. The number of hydrogen-bond acceptors (Lipinski definition) is 1. The second-order valence-electron chi connectivity index (χ2n) is 3.74. The molecule has 1 unspecified atom stereocenters. The molecular weight excluding hydrogens is 124 g/mol. The van der Waals surface area contributed by atoms with E-state index in [9.17, 15) is 4.79 Å². The van der Waals surface area contributed by atoms with Crippen LogP contribution in [0.2, 0.25) is 0 Å². The molecule has 1 aliphatic carbocycles. The molecule has 0 aliphatic heterocycles. The van der Waals surface area contributed by atoms with Crippen molar-refractivity contribution in [2.24, 2.45) is 11.3 Å². The Morgan fingerprint density at radius 2 is 2.30 bits per heavy atom. The van der Waals surface area contributed by atoms with Crippen LogP contribution in [-0.2, 0) is 4.79 Å². The highest BCUT2D eigenvalue weighted by atomic mass is 16.1. The van der Waals surface area contributed by atoms with Crippen LogP contribution >= 0.6 is 0 Å². The van der Waals surface area contributed by atoms with Crippen LogP contribution in [0, 0.1) is 11.3 Å². The molecule has 1 nitrogen and oxygen atoms in total. The maximum absolute atomic E-state index is 10.4. The van der Waals surface area contributed by atoms with Gasteiger partial charge in [-0.05, 0) is 18.8 Å². The van der Waals surface area contributed by atoms with Crippen molar-refractivity contribution in [3.63, 3.8) is 0 Å². The Hall–Kier alpha value is -0.590. The highest BCUT2D eigenvalue weighted by Crippen LogP contribution is 2.39. The Morgan fingerprint density at radius 3 is 2.50 bits per heavy atom. The van der Waals surface area contributed by atoms with Gasteiger partial charge in [0.25, 0.3) is 0 Å². The molecule has 0 saturated heterocycles. The summed E-state index contributed by atoms with van der Waals surface area (Å²) in [6.07, 6.45) is 4.10. The third kappa shape index (κ3) is 1.13. The highest BCUT2D eigenvalue weighted by Gasteiger charge is 2.29. The van der Waals surface area contributed by atoms with Crippen molar-refractivity contribution in [3.05, 3.63) is 11.6 Å². The van der Waals surface area contributed by atoms with Crippen molar-refractivity contribution in [2.75, 3.05) is 0 Å². The van der Waals surface area contributed by atoms with Crippen LogP contribution in [0.5, 0.6) is 0 Å². The highest BCUT2D eigenvalue weighted by molar-refractivity contribution is 5.58. The molecule has 0 fully saturated rings. The molecule has 10 heavy (non-hydrogen) atoms. The lowest BCUT2D eigenvalue weighted by molar-refractivity contribution is -0.110. The average Bonchev–Trinajstić information content (AvgIpc) is 2.08. The number of hydrogen-bond donors (Lipinski definition) is 0. The van der Waals surface area contributed by atoms with E-state index in [0.29, 0.717) is 0 Å². The van der Waals surface area contributed by atoms with Gasteiger partial charge in [-0.2, -0.15) is 0 Å². The Kier molecular flexibility index (Phi) is 1.67. The quantitative estimate of drug-likeness (QED) is 0.401. The first-order chi connectivity index (χ1) is 4.56. The standard InChI is InChI=1S/C9H14O/c1-7-4-8(6-10)5-9(7,2)3/h4,6,8H,5H2,1-3H3. The summed E-state index contributed by atoms with van der Waals surface area (Å²) >= 11 is 0. The number of allylic oxidation sites excluding steroid dienone is 2. The van der Waals surface area contributed by atoms with Crippen molar-refractivity contribution in [3.8, 4) is 0 Å². The van der Waals surface area contributed by atoms with Gasteiger partial charge in [-0.1, -0.05) is 25.5 Å². The predicted molar refractivity (Wildman–Crippen MR) is 41.7 cm³/mol. The van der Waals surface area contributed by atoms with Crippen molar-refractivity contribution in [2.45, 2.75) is 27.2 Å². The Balaban J connectivity index is 2.77. The second kappa shape index (κ2) is 2.22. The van der Waals surface area contributed by atoms with Gasteiger partial charge in [-0.25, -0.2) is 0 Å². The minimum Gasteiger partial charge on any atom is -0.303 e. The van der Waals surface area contributed by atoms with E-state index in [1.54, 1.807) is 0 Å². The first-order valence-electron chi connectivity index (χ1n) is 3.70. The minimum atomic E-state index is 0.176. The molecule has 56 valence electrons. The maximum atomic E-state index is 10.4. The Morgan fingerprint density at radius 1 is 1.70 bits per heavy atom. The van der Waals surface area contributed by atoms with E-state index in [1.165, 1.54) is 5.57 Å². The van der Waals surface area contributed by atoms with Gasteiger partial charge in [0.2, 0.25) is 0 Å². The molecule has 1 atom stereocenters. The van der Waals surface area contributed by atoms with Crippen LogP contribution in [-0.4, -0.2) is 6.29 Å². The van der Waals surface area contributed by atoms with Crippen LogP contribution in [0.1, 0.15) is 27.2 Å². The van der Waals surface area contributed by atoms with Gasteiger partial charge in [0.1, 0.15) is 6.29 Å². The molecule has 1 rings (SSSR count). The molecular formula is C9H14O.